The molecule has 0 N–H and O–H groups in total. The molecule has 0 spiro atoms. The molecule has 27 heavy (non-hydrogen) atoms. The van der Waals surface area contributed by atoms with Crippen LogP contribution >= 0.6 is 0 Å². The topological polar surface area (TPSA) is 34.5 Å². The van der Waals surface area contributed by atoms with Crippen LogP contribution in [0.5, 0.6) is 0 Å². The molecule has 1 fully saturated rings. The van der Waals surface area contributed by atoms with Crippen molar-refractivity contribution in [1.82, 2.24) is 9.47 Å². The molecule has 1 atom stereocenters. The van der Waals surface area contributed by atoms with Crippen molar-refractivity contribution in [3.63, 3.8) is 0 Å². The summed E-state index contributed by atoms with van der Waals surface area (Å²) in [5, 5.41) is 1.45. The number of aromatic nitrogens is 1. The first kappa shape index (κ1) is 17.2. The number of carbonyl (C=O) groups excluding carboxylic acids is 1. The van der Waals surface area contributed by atoms with Gasteiger partial charge in [0.15, 0.2) is 0 Å². The Morgan fingerprint density at radius 1 is 1.04 bits per heavy atom. The number of ether oxygens (including phenoxy) is 1. The average molecular weight is 367 g/mol. The zero-order valence-corrected chi connectivity index (χ0v) is 16.4. The maximum absolute atomic E-state index is 12.4. The monoisotopic (exact) mass is 366 g/mol. The lowest BCUT2D eigenvalue weighted by Gasteiger charge is -2.32. The summed E-state index contributed by atoms with van der Waals surface area (Å²) in [7, 11) is 1.50. The summed E-state index contributed by atoms with van der Waals surface area (Å²) < 4.78 is 7.62. The predicted octanol–water partition coefficient (Wildman–Crippen LogP) is 5.54. The van der Waals surface area contributed by atoms with Crippen LogP contribution in [-0.2, 0) is 17.7 Å². The minimum Gasteiger partial charge on any atom is -0.453 e. The van der Waals surface area contributed by atoms with Crippen LogP contribution in [0, 0.1) is 0 Å². The van der Waals surface area contributed by atoms with Crippen molar-refractivity contribution in [2.75, 3.05) is 13.7 Å². The molecule has 2 aromatic rings. The fourth-order valence-electron chi connectivity index (χ4n) is 5.84. The van der Waals surface area contributed by atoms with Crippen LogP contribution in [0.4, 0.5) is 4.79 Å². The van der Waals surface area contributed by atoms with Crippen molar-refractivity contribution in [3.05, 3.63) is 35.0 Å². The van der Waals surface area contributed by atoms with Gasteiger partial charge in [0.05, 0.1) is 13.2 Å². The summed E-state index contributed by atoms with van der Waals surface area (Å²) in [4.78, 5) is 14.4. The minimum absolute atomic E-state index is 0.172. The normalized spacial score (nSPS) is 23.1. The van der Waals surface area contributed by atoms with Gasteiger partial charge < -0.3 is 9.30 Å². The van der Waals surface area contributed by atoms with Gasteiger partial charge in [0, 0.05) is 29.7 Å². The molecule has 4 nitrogen and oxygen atoms in total. The van der Waals surface area contributed by atoms with E-state index in [-0.39, 0.29) is 12.1 Å². The van der Waals surface area contributed by atoms with E-state index >= 15 is 0 Å². The van der Waals surface area contributed by atoms with E-state index in [4.69, 9.17) is 4.74 Å². The number of carbonyl (C=O) groups is 1. The van der Waals surface area contributed by atoms with Crippen LogP contribution in [0.1, 0.15) is 80.1 Å². The van der Waals surface area contributed by atoms with Crippen LogP contribution in [-0.4, -0.2) is 29.2 Å². The summed E-state index contributed by atoms with van der Waals surface area (Å²) in [6.07, 6.45) is 11.0. The maximum atomic E-state index is 12.4. The highest BCUT2D eigenvalue weighted by molar-refractivity contribution is 5.87. The van der Waals surface area contributed by atoms with Crippen molar-refractivity contribution >= 4 is 17.0 Å². The lowest BCUT2D eigenvalue weighted by Crippen LogP contribution is -2.36. The number of benzene rings is 1. The third-order valence-corrected chi connectivity index (χ3v) is 7.10. The first-order valence-electron chi connectivity index (χ1n) is 10.8. The molecule has 4 heteroatoms. The van der Waals surface area contributed by atoms with E-state index in [1.807, 2.05) is 4.90 Å². The molecule has 2 aliphatic carbocycles. The van der Waals surface area contributed by atoms with Crippen molar-refractivity contribution in [2.45, 2.75) is 76.3 Å². The second-order valence-electron chi connectivity index (χ2n) is 8.55. The molecular weight excluding hydrogens is 336 g/mol. The van der Waals surface area contributed by atoms with Crippen molar-refractivity contribution in [3.8, 4) is 0 Å². The molecule has 3 aliphatic rings. The Morgan fingerprint density at radius 3 is 2.70 bits per heavy atom. The van der Waals surface area contributed by atoms with Crippen molar-refractivity contribution < 1.29 is 9.53 Å². The Labute approximate surface area is 161 Å². The van der Waals surface area contributed by atoms with E-state index in [0.29, 0.717) is 0 Å². The number of amides is 1. The highest BCUT2D eigenvalue weighted by Crippen LogP contribution is 2.43. The van der Waals surface area contributed by atoms with E-state index in [9.17, 15) is 4.79 Å². The molecule has 0 saturated heterocycles. The molecule has 1 saturated carbocycles. The average Bonchev–Trinajstić information content (AvgIpc) is 2.91. The maximum Gasteiger partial charge on any atom is 0.410 e. The molecule has 144 valence electrons. The number of nitrogens with zero attached hydrogens (tertiary/aromatic N) is 2. The Bertz CT molecular complexity index is 863. The summed E-state index contributed by atoms with van der Waals surface area (Å²) in [5.41, 5.74) is 5.79. The fourth-order valence-corrected chi connectivity index (χ4v) is 5.84. The molecular formula is C23H30N2O2. The standard InChI is InChI=1S/C23H30N2O2/c1-27-23(26)25-14-6-13-24-20-12-11-17(16-7-3-2-4-8-16)15-19(20)18-9-5-10-21(25)22(18)24/h11-12,15-16,21H,2-10,13-14H2,1H3/t21-/m1/s1. The zero-order chi connectivity index (χ0) is 18.4. The van der Waals surface area contributed by atoms with Gasteiger partial charge in [-0.15, -0.1) is 0 Å². The number of aryl methyl sites for hydroxylation is 2. The highest BCUT2D eigenvalue weighted by atomic mass is 16.5. The molecule has 5 rings (SSSR count). The summed E-state index contributed by atoms with van der Waals surface area (Å²) in [5.74, 6) is 0.737. The predicted molar refractivity (Wildman–Crippen MR) is 107 cm³/mol. The Kier molecular flexibility index (Phi) is 4.37. The molecule has 0 radical (unpaired) electrons. The number of fused-ring (bicyclic) bond motifs is 3. The summed E-state index contributed by atoms with van der Waals surface area (Å²) in [6.45, 7) is 1.79. The molecule has 2 heterocycles. The number of rotatable bonds is 1. The van der Waals surface area contributed by atoms with Gasteiger partial charge in [0.2, 0.25) is 0 Å². The Balaban J connectivity index is 1.62. The Hall–Kier alpha value is -1.97. The van der Waals surface area contributed by atoms with E-state index in [1.165, 1.54) is 66.9 Å². The lowest BCUT2D eigenvalue weighted by molar-refractivity contribution is 0.101. The van der Waals surface area contributed by atoms with Gasteiger partial charge in [0.1, 0.15) is 0 Å². The molecule has 1 amide bonds. The molecule has 1 aromatic carbocycles. The highest BCUT2D eigenvalue weighted by Gasteiger charge is 2.36. The summed E-state index contributed by atoms with van der Waals surface area (Å²) in [6, 6.07) is 7.41. The van der Waals surface area contributed by atoms with Gasteiger partial charge in [-0.3, -0.25) is 4.90 Å². The van der Waals surface area contributed by atoms with Gasteiger partial charge in [-0.05, 0) is 67.7 Å². The van der Waals surface area contributed by atoms with Crippen LogP contribution < -0.4 is 0 Å². The van der Waals surface area contributed by atoms with Crippen molar-refractivity contribution in [1.29, 1.82) is 0 Å². The van der Waals surface area contributed by atoms with Crippen LogP contribution in [0.25, 0.3) is 10.9 Å². The second-order valence-corrected chi connectivity index (χ2v) is 8.55. The largest absolute Gasteiger partial charge is 0.453 e. The first-order valence-corrected chi connectivity index (χ1v) is 10.8. The fraction of sp³-hybridized carbons (Fsp3) is 0.609. The smallest absolute Gasteiger partial charge is 0.410 e. The molecule has 1 aromatic heterocycles. The van der Waals surface area contributed by atoms with E-state index in [1.54, 1.807) is 0 Å². The van der Waals surface area contributed by atoms with Crippen molar-refractivity contribution in [2.24, 2.45) is 0 Å². The van der Waals surface area contributed by atoms with Crippen LogP contribution in [0.2, 0.25) is 0 Å². The van der Waals surface area contributed by atoms with Gasteiger partial charge in [-0.25, -0.2) is 4.79 Å². The van der Waals surface area contributed by atoms with Gasteiger partial charge in [-0.2, -0.15) is 0 Å². The number of hydrogen-bond acceptors (Lipinski definition) is 2. The quantitative estimate of drug-likeness (QED) is 0.664. The third-order valence-electron chi connectivity index (χ3n) is 7.10. The van der Waals surface area contributed by atoms with Gasteiger partial charge in [0.25, 0.3) is 0 Å². The lowest BCUT2D eigenvalue weighted by atomic mass is 9.83. The number of methoxy groups -OCH3 is 1. The zero-order valence-electron chi connectivity index (χ0n) is 16.4. The first-order chi connectivity index (χ1) is 13.3. The van der Waals surface area contributed by atoms with Crippen LogP contribution in [0.3, 0.4) is 0 Å². The van der Waals surface area contributed by atoms with Gasteiger partial charge >= 0.3 is 6.09 Å². The molecule has 0 bridgehead atoms. The van der Waals surface area contributed by atoms with E-state index in [2.05, 4.69) is 22.8 Å². The van der Waals surface area contributed by atoms with E-state index < -0.39 is 0 Å². The minimum atomic E-state index is -0.172. The Morgan fingerprint density at radius 2 is 1.89 bits per heavy atom. The second kappa shape index (κ2) is 6.88. The van der Waals surface area contributed by atoms with Crippen LogP contribution in [0.15, 0.2) is 18.2 Å². The molecule has 0 unspecified atom stereocenters. The molecule has 1 aliphatic heterocycles. The SMILES string of the molecule is COC(=O)N1CCCn2c3c(c4cc(C5CCCCC5)ccc42)CCC[C@H]31. The number of hydrogen-bond donors (Lipinski definition) is 0. The van der Waals surface area contributed by atoms with E-state index in [0.717, 1.165) is 44.7 Å². The summed E-state index contributed by atoms with van der Waals surface area (Å²) >= 11 is 0. The third kappa shape index (κ3) is 2.76. The van der Waals surface area contributed by atoms with Gasteiger partial charge in [-0.1, -0.05) is 25.3 Å².